The van der Waals surface area contributed by atoms with E-state index >= 15 is 0 Å². The smallest absolute Gasteiger partial charge is 0.261 e. The molecule has 10 nitrogen and oxygen atoms in total. The molecule has 180 valence electrons. The number of methoxy groups -OCH3 is 2. The number of carbonyl (C=O) groups excluding carboxylic acids is 3. The van der Waals surface area contributed by atoms with E-state index in [0.717, 1.165) is 11.0 Å². The molecule has 0 radical (unpaired) electrons. The maximum Gasteiger partial charge on any atom is 0.261 e. The van der Waals surface area contributed by atoms with Gasteiger partial charge in [0.2, 0.25) is 5.91 Å². The molecule has 0 aliphatic rings. The first-order chi connectivity index (χ1) is 16.2. The summed E-state index contributed by atoms with van der Waals surface area (Å²) in [5.41, 5.74) is 6.78. The lowest BCUT2D eigenvalue weighted by atomic mass is 10.0. The van der Waals surface area contributed by atoms with Gasteiger partial charge in [-0.15, -0.1) is 0 Å². The second-order valence-corrected chi connectivity index (χ2v) is 8.09. The van der Waals surface area contributed by atoms with Crippen molar-refractivity contribution in [2.24, 2.45) is 13.0 Å². The van der Waals surface area contributed by atoms with Crippen molar-refractivity contribution in [2.45, 2.75) is 26.3 Å². The van der Waals surface area contributed by atoms with Gasteiger partial charge in [0.25, 0.3) is 11.8 Å². The first kappa shape index (κ1) is 24.6. The SMILES string of the molecule is COc1cc(OC)cc(C(=O)N[C@@H](C(=O)NNC(=O)Cc2nc3ccccc3n2C)C(C)C)c1. The van der Waals surface area contributed by atoms with E-state index in [9.17, 15) is 14.4 Å². The molecule has 0 spiro atoms. The zero-order chi connectivity index (χ0) is 24.8. The van der Waals surface area contributed by atoms with Crippen molar-refractivity contribution in [2.75, 3.05) is 14.2 Å². The maximum atomic E-state index is 12.8. The molecule has 3 N–H and O–H groups in total. The van der Waals surface area contributed by atoms with Crippen LogP contribution in [-0.4, -0.2) is 47.5 Å². The molecule has 0 saturated heterocycles. The summed E-state index contributed by atoms with van der Waals surface area (Å²) in [5, 5.41) is 2.71. The third-order valence-corrected chi connectivity index (χ3v) is 5.37. The fourth-order valence-corrected chi connectivity index (χ4v) is 3.45. The predicted octanol–water partition coefficient (Wildman–Crippen LogP) is 1.73. The van der Waals surface area contributed by atoms with Crippen molar-refractivity contribution in [3.05, 3.63) is 53.9 Å². The summed E-state index contributed by atoms with van der Waals surface area (Å²) in [6.07, 6.45) is -0.0201. The number of hydrogen-bond acceptors (Lipinski definition) is 6. The Morgan fingerprint density at radius 1 is 1.00 bits per heavy atom. The van der Waals surface area contributed by atoms with Gasteiger partial charge in [0.1, 0.15) is 23.4 Å². The van der Waals surface area contributed by atoms with Crippen LogP contribution in [-0.2, 0) is 23.1 Å². The third kappa shape index (κ3) is 5.64. The first-order valence-electron chi connectivity index (χ1n) is 10.8. The molecule has 0 aliphatic carbocycles. The topological polar surface area (TPSA) is 124 Å². The summed E-state index contributed by atoms with van der Waals surface area (Å²) in [7, 11) is 4.79. The van der Waals surface area contributed by atoms with Gasteiger partial charge in [-0.05, 0) is 30.2 Å². The van der Waals surface area contributed by atoms with Crippen LogP contribution in [0.4, 0.5) is 0 Å². The molecular formula is C24H29N5O5. The van der Waals surface area contributed by atoms with E-state index in [1.165, 1.54) is 14.2 Å². The van der Waals surface area contributed by atoms with Gasteiger partial charge in [-0.25, -0.2) is 4.98 Å². The van der Waals surface area contributed by atoms with Gasteiger partial charge >= 0.3 is 0 Å². The standard InChI is InChI=1S/C24H29N5O5/c1-14(2)22(26-23(31)15-10-16(33-4)12-17(11-15)34-5)24(32)28-27-21(30)13-20-25-18-8-6-7-9-19(18)29(20)3/h6-12,14,22H,13H2,1-5H3,(H,26,31)(H,27,30)(H,28,32)/t22-/m1/s1. The molecule has 0 saturated carbocycles. The van der Waals surface area contributed by atoms with E-state index in [0.29, 0.717) is 17.3 Å². The number of carbonyl (C=O) groups is 3. The Morgan fingerprint density at radius 3 is 2.24 bits per heavy atom. The Kier molecular flexibility index (Phi) is 7.72. The summed E-state index contributed by atoms with van der Waals surface area (Å²) in [6.45, 7) is 3.58. The zero-order valence-electron chi connectivity index (χ0n) is 19.8. The Labute approximate surface area is 197 Å². The number of imidazole rings is 1. The summed E-state index contributed by atoms with van der Waals surface area (Å²) in [4.78, 5) is 42.4. The number of fused-ring (bicyclic) bond motifs is 1. The number of aromatic nitrogens is 2. The number of rotatable bonds is 8. The van der Waals surface area contributed by atoms with Gasteiger partial charge in [0, 0.05) is 18.7 Å². The van der Waals surface area contributed by atoms with E-state index < -0.39 is 23.8 Å². The molecule has 2 aromatic carbocycles. The fraction of sp³-hybridized carbons (Fsp3) is 0.333. The highest BCUT2D eigenvalue weighted by Crippen LogP contribution is 2.22. The molecular weight excluding hydrogens is 438 g/mol. The molecule has 10 heteroatoms. The number of benzene rings is 2. The lowest BCUT2D eigenvalue weighted by molar-refractivity contribution is -0.130. The van der Waals surface area contributed by atoms with Crippen LogP contribution in [0.15, 0.2) is 42.5 Å². The largest absolute Gasteiger partial charge is 0.497 e. The number of hydrazine groups is 1. The van der Waals surface area contributed by atoms with Crippen LogP contribution in [0.2, 0.25) is 0 Å². The van der Waals surface area contributed by atoms with Crippen molar-refractivity contribution in [1.82, 2.24) is 25.7 Å². The van der Waals surface area contributed by atoms with Gasteiger partial charge in [0.15, 0.2) is 0 Å². The molecule has 0 fully saturated rings. The lowest BCUT2D eigenvalue weighted by Crippen LogP contribution is -2.54. The van der Waals surface area contributed by atoms with Crippen molar-refractivity contribution < 1.29 is 23.9 Å². The number of hydrogen-bond donors (Lipinski definition) is 3. The Hall–Kier alpha value is -4.08. The molecule has 0 aliphatic heterocycles. The highest BCUT2D eigenvalue weighted by atomic mass is 16.5. The minimum atomic E-state index is -0.888. The lowest BCUT2D eigenvalue weighted by Gasteiger charge is -2.22. The van der Waals surface area contributed by atoms with E-state index in [-0.39, 0.29) is 17.9 Å². The molecule has 34 heavy (non-hydrogen) atoms. The number of nitrogens with one attached hydrogen (secondary N) is 3. The van der Waals surface area contributed by atoms with Crippen LogP contribution >= 0.6 is 0 Å². The quantitative estimate of drug-likeness (QED) is 0.434. The van der Waals surface area contributed by atoms with Crippen molar-refractivity contribution in [3.63, 3.8) is 0 Å². The van der Waals surface area contributed by atoms with Gasteiger partial charge in [0.05, 0.1) is 31.7 Å². The van der Waals surface area contributed by atoms with Crippen LogP contribution in [0.1, 0.15) is 30.0 Å². The fourth-order valence-electron chi connectivity index (χ4n) is 3.45. The molecule has 3 rings (SSSR count). The summed E-state index contributed by atoms with van der Waals surface area (Å²) < 4.78 is 12.2. The normalized spacial score (nSPS) is 11.7. The van der Waals surface area contributed by atoms with Crippen LogP contribution in [0, 0.1) is 5.92 Å². The molecule has 1 heterocycles. The molecule has 3 amide bonds. The Balaban J connectivity index is 1.62. The van der Waals surface area contributed by atoms with E-state index in [1.54, 1.807) is 32.0 Å². The highest BCUT2D eigenvalue weighted by molar-refractivity contribution is 5.98. The van der Waals surface area contributed by atoms with Crippen LogP contribution < -0.4 is 25.6 Å². The average Bonchev–Trinajstić information content (AvgIpc) is 3.15. The van der Waals surface area contributed by atoms with Gasteiger partial charge in [-0.1, -0.05) is 26.0 Å². The predicted molar refractivity (Wildman–Crippen MR) is 126 cm³/mol. The monoisotopic (exact) mass is 467 g/mol. The third-order valence-electron chi connectivity index (χ3n) is 5.37. The molecule has 3 aromatic rings. The maximum absolute atomic E-state index is 12.8. The van der Waals surface area contributed by atoms with Crippen molar-refractivity contribution in [3.8, 4) is 11.5 Å². The van der Waals surface area contributed by atoms with Gasteiger partial charge < -0.3 is 19.4 Å². The number of amides is 3. The molecule has 1 aromatic heterocycles. The number of ether oxygens (including phenoxy) is 2. The number of para-hydroxylation sites is 2. The number of nitrogens with zero attached hydrogens (tertiary/aromatic N) is 2. The average molecular weight is 468 g/mol. The van der Waals surface area contributed by atoms with Crippen LogP contribution in [0.25, 0.3) is 11.0 Å². The van der Waals surface area contributed by atoms with Gasteiger partial charge in [-0.2, -0.15) is 0 Å². The van der Waals surface area contributed by atoms with E-state index in [1.807, 2.05) is 35.9 Å². The molecule has 1 atom stereocenters. The second-order valence-electron chi connectivity index (χ2n) is 8.09. The minimum absolute atomic E-state index is 0.0201. The summed E-state index contributed by atoms with van der Waals surface area (Å²) in [5.74, 6) is -0.234. The number of aryl methyl sites for hydroxylation is 1. The molecule has 0 unspecified atom stereocenters. The summed E-state index contributed by atoms with van der Waals surface area (Å²) >= 11 is 0. The minimum Gasteiger partial charge on any atom is -0.497 e. The first-order valence-corrected chi connectivity index (χ1v) is 10.8. The van der Waals surface area contributed by atoms with Crippen LogP contribution in [0.5, 0.6) is 11.5 Å². The summed E-state index contributed by atoms with van der Waals surface area (Å²) in [6, 6.07) is 11.4. The van der Waals surface area contributed by atoms with E-state index in [4.69, 9.17) is 9.47 Å². The van der Waals surface area contributed by atoms with Gasteiger partial charge in [-0.3, -0.25) is 25.2 Å². The molecule has 0 bridgehead atoms. The highest BCUT2D eigenvalue weighted by Gasteiger charge is 2.26. The Morgan fingerprint density at radius 2 is 1.65 bits per heavy atom. The zero-order valence-corrected chi connectivity index (χ0v) is 19.8. The second kappa shape index (κ2) is 10.7. The van der Waals surface area contributed by atoms with E-state index in [2.05, 4.69) is 21.2 Å². The Bertz CT molecular complexity index is 1180. The van der Waals surface area contributed by atoms with Crippen molar-refractivity contribution in [1.29, 1.82) is 0 Å². The van der Waals surface area contributed by atoms with Crippen LogP contribution in [0.3, 0.4) is 0 Å². The van der Waals surface area contributed by atoms with Crippen molar-refractivity contribution >= 4 is 28.8 Å².